The number of rotatable bonds is 12. The van der Waals surface area contributed by atoms with Crippen molar-refractivity contribution >= 4 is 12.1 Å². The molecule has 10 heteroatoms. The summed E-state index contributed by atoms with van der Waals surface area (Å²) < 4.78 is 51.8. The van der Waals surface area contributed by atoms with Gasteiger partial charge < -0.3 is 15.7 Å². The van der Waals surface area contributed by atoms with Crippen LogP contribution < -0.4 is 5.73 Å². The number of nitrogens with zero attached hydrogens (tertiary/aromatic N) is 3. The number of aliphatic hydroxyl groups is 1. The molecule has 44 heavy (non-hydrogen) atoms. The van der Waals surface area contributed by atoms with Gasteiger partial charge in [0.15, 0.2) is 12.3 Å². The first-order valence-corrected chi connectivity index (χ1v) is 15.8. The van der Waals surface area contributed by atoms with Crippen molar-refractivity contribution in [1.29, 1.82) is 0 Å². The van der Waals surface area contributed by atoms with Crippen LogP contribution in [0.1, 0.15) is 84.3 Å². The monoisotopic (exact) mass is 626 g/mol. The first kappa shape index (κ1) is 41.1. The molecule has 0 spiro atoms. The van der Waals surface area contributed by atoms with E-state index in [1.807, 2.05) is 20.8 Å². The number of halogens is 4. The Bertz CT molecular complexity index is 1050. The van der Waals surface area contributed by atoms with Crippen molar-refractivity contribution in [2.75, 3.05) is 32.9 Å². The quantitative estimate of drug-likeness (QED) is 0.145. The molecule has 1 aromatic heterocycles. The summed E-state index contributed by atoms with van der Waals surface area (Å²) in [5.41, 5.74) is 7.12. The number of pyridine rings is 1. The molecule has 5 atom stereocenters. The van der Waals surface area contributed by atoms with Gasteiger partial charge in [-0.25, -0.2) is 13.2 Å². The zero-order valence-electron chi connectivity index (χ0n) is 27.4. The molecule has 0 fully saturated rings. The highest BCUT2D eigenvalue weighted by Gasteiger charge is 2.25. The molecule has 2 heterocycles. The lowest BCUT2D eigenvalue weighted by molar-refractivity contribution is -0.106. The summed E-state index contributed by atoms with van der Waals surface area (Å²) in [5.74, 6) is -0.0817. The van der Waals surface area contributed by atoms with Crippen LogP contribution in [0.25, 0.3) is 0 Å². The molecule has 1 aliphatic heterocycles. The van der Waals surface area contributed by atoms with Crippen LogP contribution in [-0.4, -0.2) is 72.3 Å². The molecular formula is C34H54F4N4O2. The third kappa shape index (κ3) is 14.3. The molecule has 0 bridgehead atoms. The molecule has 1 aliphatic carbocycles. The van der Waals surface area contributed by atoms with E-state index in [1.54, 1.807) is 12.3 Å². The molecule has 250 valence electrons. The predicted molar refractivity (Wildman–Crippen MR) is 173 cm³/mol. The summed E-state index contributed by atoms with van der Waals surface area (Å²) in [6.45, 7) is 14.4. The van der Waals surface area contributed by atoms with Gasteiger partial charge in [0.05, 0.1) is 19.5 Å². The number of allylic oxidation sites excluding steroid dienone is 5. The molecule has 5 unspecified atom stereocenters. The number of aromatic nitrogens is 1. The summed E-state index contributed by atoms with van der Waals surface area (Å²) >= 11 is 0. The first-order chi connectivity index (χ1) is 21.2. The van der Waals surface area contributed by atoms with E-state index in [1.165, 1.54) is 25.3 Å². The minimum atomic E-state index is -1.59. The third-order valence-corrected chi connectivity index (χ3v) is 7.40. The molecular weight excluding hydrogens is 572 g/mol. The molecule has 1 aromatic rings. The number of hydrogen-bond donors (Lipinski definition) is 2. The van der Waals surface area contributed by atoms with Gasteiger partial charge in [0.25, 0.3) is 0 Å². The first-order valence-electron chi connectivity index (χ1n) is 15.8. The number of carbonyl (C=O) groups excluding carboxylic acids is 1. The normalized spacial score (nSPS) is 20.3. The number of hydrogen-bond acceptors (Lipinski definition) is 5. The Morgan fingerprint density at radius 3 is 2.36 bits per heavy atom. The summed E-state index contributed by atoms with van der Waals surface area (Å²) in [7, 11) is 0. The van der Waals surface area contributed by atoms with Crippen LogP contribution in [0.4, 0.5) is 17.6 Å². The molecule has 0 saturated heterocycles. The van der Waals surface area contributed by atoms with Gasteiger partial charge in [0, 0.05) is 48.8 Å². The van der Waals surface area contributed by atoms with Gasteiger partial charge in [-0.05, 0) is 62.1 Å². The maximum absolute atomic E-state index is 14.2. The van der Waals surface area contributed by atoms with Gasteiger partial charge in [-0.15, -0.1) is 0 Å². The summed E-state index contributed by atoms with van der Waals surface area (Å²) in [4.78, 5) is 19.9. The highest BCUT2D eigenvalue weighted by atomic mass is 19.2. The van der Waals surface area contributed by atoms with Gasteiger partial charge >= 0.3 is 0 Å². The van der Waals surface area contributed by atoms with Crippen molar-refractivity contribution in [1.82, 2.24) is 9.88 Å². The topological polar surface area (TPSA) is 91.8 Å². The number of alkyl halides is 3. The number of amides is 1. The van der Waals surface area contributed by atoms with Crippen molar-refractivity contribution in [2.45, 2.75) is 92.1 Å². The maximum Gasteiger partial charge on any atom is 0.204 e. The van der Waals surface area contributed by atoms with E-state index in [0.29, 0.717) is 18.5 Å². The maximum atomic E-state index is 14.2. The number of nitrogens with two attached hydrogens (primary N) is 1. The van der Waals surface area contributed by atoms with Crippen molar-refractivity contribution in [3.8, 4) is 0 Å². The van der Waals surface area contributed by atoms with Crippen LogP contribution in [0.15, 0.2) is 53.3 Å². The van der Waals surface area contributed by atoms with Crippen LogP contribution >= 0.6 is 0 Å². The zero-order valence-corrected chi connectivity index (χ0v) is 27.4. The Morgan fingerprint density at radius 1 is 1.14 bits per heavy atom. The van der Waals surface area contributed by atoms with Crippen LogP contribution in [0.2, 0.25) is 0 Å². The van der Waals surface area contributed by atoms with Crippen LogP contribution in [0.5, 0.6) is 0 Å². The molecule has 0 aromatic carbocycles. The van der Waals surface area contributed by atoms with E-state index in [9.17, 15) is 22.7 Å². The predicted octanol–water partition coefficient (Wildman–Crippen LogP) is 7.24. The van der Waals surface area contributed by atoms with Crippen LogP contribution in [0, 0.1) is 17.7 Å². The van der Waals surface area contributed by atoms with E-state index >= 15 is 0 Å². The van der Waals surface area contributed by atoms with Crippen LogP contribution in [0.3, 0.4) is 0 Å². The largest absolute Gasteiger partial charge is 0.392 e. The van der Waals surface area contributed by atoms with Crippen molar-refractivity contribution in [2.24, 2.45) is 22.6 Å². The zero-order chi connectivity index (χ0) is 33.5. The second-order valence-corrected chi connectivity index (χ2v) is 10.3. The molecule has 6 nitrogen and oxygen atoms in total. The van der Waals surface area contributed by atoms with Gasteiger partial charge in [-0.3, -0.25) is 19.2 Å². The molecule has 3 N–H and O–H groups in total. The lowest BCUT2D eigenvalue weighted by Crippen LogP contribution is -2.32. The van der Waals surface area contributed by atoms with Crippen molar-refractivity contribution < 1.29 is 27.5 Å². The third-order valence-electron chi connectivity index (χ3n) is 7.40. The summed E-state index contributed by atoms with van der Waals surface area (Å²) in [6.07, 6.45) is 12.1. The summed E-state index contributed by atoms with van der Waals surface area (Å²) in [5, 5.41) is 9.71. The minimum absolute atomic E-state index is 0.0481. The summed E-state index contributed by atoms with van der Waals surface area (Å²) in [6, 6.07) is 0. The van der Waals surface area contributed by atoms with Crippen molar-refractivity contribution in [3.05, 3.63) is 65.3 Å². The van der Waals surface area contributed by atoms with Gasteiger partial charge in [0.2, 0.25) is 6.41 Å². The Hall–Kier alpha value is -2.85. The van der Waals surface area contributed by atoms with E-state index in [0.717, 1.165) is 55.7 Å². The average molecular weight is 627 g/mol. The SMILES string of the molecule is CC.CCCC(CCN(CC)CC1C=CCC(C(C)C2=CC(F)C(F)C=C2)=NC1)c1cncc(F)c1CO.CCF.NC=O. The molecule has 0 saturated carbocycles. The number of aliphatic hydroxyl groups excluding tert-OH is 1. The number of carbonyl (C=O) groups is 1. The average Bonchev–Trinajstić information content (AvgIpc) is 3.26. The lowest BCUT2D eigenvalue weighted by atomic mass is 9.89. The fourth-order valence-corrected chi connectivity index (χ4v) is 5.14. The van der Waals surface area contributed by atoms with E-state index in [-0.39, 0.29) is 37.4 Å². The fourth-order valence-electron chi connectivity index (χ4n) is 5.14. The lowest BCUT2D eigenvalue weighted by Gasteiger charge is -2.27. The highest BCUT2D eigenvalue weighted by molar-refractivity contribution is 5.90. The van der Waals surface area contributed by atoms with E-state index in [4.69, 9.17) is 9.79 Å². The van der Waals surface area contributed by atoms with E-state index < -0.39 is 18.2 Å². The smallest absolute Gasteiger partial charge is 0.204 e. The Labute approximate surface area is 262 Å². The fraction of sp³-hybridized carbons (Fsp3) is 0.618. The highest BCUT2D eigenvalue weighted by Crippen LogP contribution is 2.30. The van der Waals surface area contributed by atoms with Crippen LogP contribution in [-0.2, 0) is 11.4 Å². The minimum Gasteiger partial charge on any atom is -0.392 e. The Morgan fingerprint density at radius 2 is 1.80 bits per heavy atom. The number of primary amides is 1. The Kier molecular flexibility index (Phi) is 22.9. The second-order valence-electron chi connectivity index (χ2n) is 10.3. The van der Waals surface area contributed by atoms with Gasteiger partial charge in [0.1, 0.15) is 5.82 Å². The Balaban J connectivity index is 0.00000209. The van der Waals surface area contributed by atoms with Crippen molar-refractivity contribution in [3.63, 3.8) is 0 Å². The van der Waals surface area contributed by atoms with Gasteiger partial charge in [-0.2, -0.15) is 0 Å². The van der Waals surface area contributed by atoms with E-state index in [2.05, 4.69) is 41.6 Å². The standard InChI is InChI=1S/C29H40F3N3O.C2H5F.C2H6.CH3NO/c1-4-7-22(24-16-33-17-28(32)25(24)19-36)12-13-35(5-2)18-21-8-6-9-29(34-15-21)20(3)23-10-11-26(30)27(31)14-23;1-2-3;1-2;2-1-3/h6,8,10-11,14,16-17,20-22,26-27,36H,4-5,7,9,12-13,15,18-19H2,1-3H3;2H2,1H3;1-2H3;1H,(H2,2,3). The molecule has 1 amide bonds. The number of aliphatic imine (C=N–C) groups is 1. The molecule has 2 aliphatic rings. The molecule has 0 radical (unpaired) electrons. The second kappa shape index (κ2) is 24.5. The molecule has 3 rings (SSSR count). The van der Waals surface area contributed by atoms with Gasteiger partial charge in [-0.1, -0.05) is 59.3 Å².